The van der Waals surface area contributed by atoms with E-state index in [1.54, 1.807) is 42.5 Å². The molecule has 0 fully saturated rings. The number of hydrogen-bond acceptors (Lipinski definition) is 3. The second-order valence-corrected chi connectivity index (χ2v) is 5.14. The van der Waals surface area contributed by atoms with Crippen molar-refractivity contribution in [3.63, 3.8) is 0 Å². The number of carbonyl (C=O) groups excluding carboxylic acids is 1. The fourth-order valence-corrected chi connectivity index (χ4v) is 2.46. The molecule has 23 heavy (non-hydrogen) atoms. The number of hydrogen-bond donors (Lipinski definition) is 2. The maximum Gasteiger partial charge on any atom is 0.336 e. The highest BCUT2D eigenvalue weighted by molar-refractivity contribution is 6.03. The number of anilines is 1. The molecule has 114 valence electrons. The highest BCUT2D eigenvalue weighted by Gasteiger charge is 2.12. The van der Waals surface area contributed by atoms with E-state index in [9.17, 15) is 14.7 Å². The van der Waals surface area contributed by atoms with Crippen LogP contribution in [-0.2, 0) is 4.79 Å². The summed E-state index contributed by atoms with van der Waals surface area (Å²) in [5, 5.41) is 12.7. The number of para-hydroxylation sites is 1. The summed E-state index contributed by atoms with van der Waals surface area (Å²) in [4.78, 5) is 27.2. The number of amides is 1. The normalized spacial score (nSPS) is 10.5. The standard InChI is InChI=1S/C18H14N2O3/c1-11(21)19-13-6-4-5-12(9-13)17-10-15(18(22)23)14-7-2-3-8-16(14)20-17/h2-10H,1H3,(H,19,21)(H,22,23). The quantitative estimate of drug-likeness (QED) is 0.775. The molecule has 1 amide bonds. The molecule has 0 saturated heterocycles. The molecule has 0 unspecified atom stereocenters. The summed E-state index contributed by atoms with van der Waals surface area (Å²) in [6.45, 7) is 1.43. The summed E-state index contributed by atoms with van der Waals surface area (Å²) in [5.74, 6) is -1.16. The number of aromatic carboxylic acids is 1. The van der Waals surface area contributed by atoms with Gasteiger partial charge in [-0.15, -0.1) is 0 Å². The molecule has 3 aromatic rings. The van der Waals surface area contributed by atoms with Crippen LogP contribution in [0, 0.1) is 0 Å². The third kappa shape index (κ3) is 3.03. The number of pyridine rings is 1. The van der Waals surface area contributed by atoms with Gasteiger partial charge in [-0.2, -0.15) is 0 Å². The zero-order chi connectivity index (χ0) is 16.4. The molecule has 0 spiro atoms. The van der Waals surface area contributed by atoms with Gasteiger partial charge in [0.25, 0.3) is 0 Å². The lowest BCUT2D eigenvalue weighted by molar-refractivity contribution is -0.114. The molecule has 0 radical (unpaired) electrons. The van der Waals surface area contributed by atoms with Gasteiger partial charge in [-0.25, -0.2) is 9.78 Å². The number of aromatic nitrogens is 1. The van der Waals surface area contributed by atoms with E-state index in [0.717, 1.165) is 5.56 Å². The summed E-state index contributed by atoms with van der Waals surface area (Å²) in [6.07, 6.45) is 0. The smallest absolute Gasteiger partial charge is 0.336 e. The summed E-state index contributed by atoms with van der Waals surface area (Å²) >= 11 is 0. The zero-order valence-corrected chi connectivity index (χ0v) is 12.4. The minimum atomic E-state index is -0.997. The number of carboxylic acids is 1. The monoisotopic (exact) mass is 306 g/mol. The number of nitrogens with zero attached hydrogens (tertiary/aromatic N) is 1. The fraction of sp³-hybridized carbons (Fsp3) is 0.0556. The Balaban J connectivity index is 2.17. The molecule has 0 aliphatic heterocycles. The maximum absolute atomic E-state index is 11.5. The summed E-state index contributed by atoms with van der Waals surface area (Å²) in [6, 6.07) is 15.8. The van der Waals surface area contributed by atoms with Gasteiger partial charge in [0.05, 0.1) is 16.8 Å². The molecule has 0 bridgehead atoms. The molecular weight excluding hydrogens is 292 g/mol. The molecule has 0 saturated carbocycles. The van der Waals surface area contributed by atoms with Crippen LogP contribution < -0.4 is 5.32 Å². The van der Waals surface area contributed by atoms with Crippen LogP contribution in [0.5, 0.6) is 0 Å². The van der Waals surface area contributed by atoms with Gasteiger partial charge >= 0.3 is 5.97 Å². The average molecular weight is 306 g/mol. The highest BCUT2D eigenvalue weighted by atomic mass is 16.4. The molecule has 2 aromatic carbocycles. The first-order chi connectivity index (χ1) is 11.0. The lowest BCUT2D eigenvalue weighted by Gasteiger charge is -2.09. The molecule has 5 nitrogen and oxygen atoms in total. The molecule has 1 aromatic heterocycles. The third-order valence-corrected chi connectivity index (χ3v) is 3.43. The van der Waals surface area contributed by atoms with E-state index in [-0.39, 0.29) is 11.5 Å². The van der Waals surface area contributed by atoms with Crippen LogP contribution in [0.15, 0.2) is 54.6 Å². The largest absolute Gasteiger partial charge is 0.478 e. The Kier molecular flexibility index (Phi) is 3.76. The van der Waals surface area contributed by atoms with Crippen LogP contribution >= 0.6 is 0 Å². The molecular formula is C18H14N2O3. The van der Waals surface area contributed by atoms with Gasteiger partial charge in [0.15, 0.2) is 0 Å². The number of carboxylic acid groups (broad SMARTS) is 1. The van der Waals surface area contributed by atoms with Gasteiger partial charge in [-0.3, -0.25) is 4.79 Å². The van der Waals surface area contributed by atoms with E-state index in [1.807, 2.05) is 12.1 Å². The van der Waals surface area contributed by atoms with E-state index in [1.165, 1.54) is 6.92 Å². The van der Waals surface area contributed by atoms with Crippen molar-refractivity contribution in [1.82, 2.24) is 4.98 Å². The molecule has 0 aliphatic carbocycles. The van der Waals surface area contributed by atoms with Crippen molar-refractivity contribution in [1.29, 1.82) is 0 Å². The van der Waals surface area contributed by atoms with E-state index in [0.29, 0.717) is 22.3 Å². The van der Waals surface area contributed by atoms with Gasteiger partial charge in [0.2, 0.25) is 5.91 Å². The average Bonchev–Trinajstić information content (AvgIpc) is 2.53. The zero-order valence-electron chi connectivity index (χ0n) is 12.4. The Labute approximate surface area is 132 Å². The minimum Gasteiger partial charge on any atom is -0.478 e. The summed E-state index contributed by atoms with van der Waals surface area (Å²) in [7, 11) is 0. The SMILES string of the molecule is CC(=O)Nc1cccc(-c2cc(C(=O)O)c3ccccc3n2)c1. The van der Waals surface area contributed by atoms with E-state index < -0.39 is 5.97 Å². The summed E-state index contributed by atoms with van der Waals surface area (Å²) in [5.41, 5.74) is 2.75. The van der Waals surface area contributed by atoms with Crippen LogP contribution in [0.4, 0.5) is 5.69 Å². The van der Waals surface area contributed by atoms with Crippen molar-refractivity contribution in [3.05, 3.63) is 60.2 Å². The molecule has 5 heteroatoms. The van der Waals surface area contributed by atoms with Crippen molar-refractivity contribution in [2.24, 2.45) is 0 Å². The van der Waals surface area contributed by atoms with Gasteiger partial charge < -0.3 is 10.4 Å². The number of carbonyl (C=O) groups is 2. The Morgan fingerprint density at radius 3 is 2.57 bits per heavy atom. The molecule has 2 N–H and O–H groups in total. The maximum atomic E-state index is 11.5. The topological polar surface area (TPSA) is 79.3 Å². The second kappa shape index (κ2) is 5.88. The predicted octanol–water partition coefficient (Wildman–Crippen LogP) is 3.56. The van der Waals surface area contributed by atoms with Crippen molar-refractivity contribution in [2.45, 2.75) is 6.92 Å². The fourth-order valence-electron chi connectivity index (χ4n) is 2.46. The predicted molar refractivity (Wildman–Crippen MR) is 88.4 cm³/mol. The second-order valence-electron chi connectivity index (χ2n) is 5.14. The number of nitrogens with one attached hydrogen (secondary N) is 1. The van der Waals surface area contributed by atoms with Crippen LogP contribution in [0.25, 0.3) is 22.2 Å². The number of benzene rings is 2. The third-order valence-electron chi connectivity index (χ3n) is 3.43. The van der Waals surface area contributed by atoms with Gasteiger partial charge in [0, 0.05) is 23.6 Å². The van der Waals surface area contributed by atoms with E-state index in [4.69, 9.17) is 0 Å². The van der Waals surface area contributed by atoms with Crippen molar-refractivity contribution < 1.29 is 14.7 Å². The molecule has 3 rings (SSSR count). The Morgan fingerprint density at radius 1 is 1.04 bits per heavy atom. The van der Waals surface area contributed by atoms with Crippen LogP contribution in [0.1, 0.15) is 17.3 Å². The molecule has 1 heterocycles. The van der Waals surface area contributed by atoms with Crippen LogP contribution in [-0.4, -0.2) is 22.0 Å². The van der Waals surface area contributed by atoms with Gasteiger partial charge in [-0.05, 0) is 24.3 Å². The highest BCUT2D eigenvalue weighted by Crippen LogP contribution is 2.26. The Hall–Kier alpha value is -3.21. The van der Waals surface area contributed by atoms with Gasteiger partial charge in [0.1, 0.15) is 0 Å². The van der Waals surface area contributed by atoms with Crippen LogP contribution in [0.3, 0.4) is 0 Å². The summed E-state index contributed by atoms with van der Waals surface area (Å²) < 4.78 is 0. The molecule has 0 atom stereocenters. The van der Waals surface area contributed by atoms with E-state index >= 15 is 0 Å². The minimum absolute atomic E-state index is 0.167. The Morgan fingerprint density at radius 2 is 1.83 bits per heavy atom. The lowest BCUT2D eigenvalue weighted by Crippen LogP contribution is -2.05. The van der Waals surface area contributed by atoms with Crippen LogP contribution in [0.2, 0.25) is 0 Å². The number of fused-ring (bicyclic) bond motifs is 1. The van der Waals surface area contributed by atoms with Crippen molar-refractivity contribution in [3.8, 4) is 11.3 Å². The first-order valence-electron chi connectivity index (χ1n) is 7.06. The number of rotatable bonds is 3. The van der Waals surface area contributed by atoms with Crippen molar-refractivity contribution >= 4 is 28.5 Å². The Bertz CT molecular complexity index is 919. The van der Waals surface area contributed by atoms with E-state index in [2.05, 4.69) is 10.3 Å². The lowest BCUT2D eigenvalue weighted by atomic mass is 10.0. The molecule has 0 aliphatic rings. The van der Waals surface area contributed by atoms with Crippen molar-refractivity contribution in [2.75, 3.05) is 5.32 Å². The van der Waals surface area contributed by atoms with Gasteiger partial charge in [-0.1, -0.05) is 30.3 Å². The first-order valence-corrected chi connectivity index (χ1v) is 7.06. The first kappa shape index (κ1) is 14.7.